The Kier molecular flexibility index (Phi) is 7.07. The maximum atomic E-state index is 12.8. The molecule has 0 fully saturated rings. The number of hydrogen-bond donors (Lipinski definition) is 2. The minimum Gasteiger partial charge on any atom is -0.297 e. The lowest BCUT2D eigenvalue weighted by Gasteiger charge is -2.30. The lowest BCUT2D eigenvalue weighted by Crippen LogP contribution is -2.43. The molecular weight excluding hydrogens is 269 g/mol. The van der Waals surface area contributed by atoms with Crippen molar-refractivity contribution >= 4 is 17.9 Å². The van der Waals surface area contributed by atoms with Crippen molar-refractivity contribution in [2.75, 3.05) is 25.4 Å². The number of nitrogens with one attached hydrogen (secondary N) is 1. The van der Waals surface area contributed by atoms with E-state index in [9.17, 15) is 9.18 Å². The third-order valence-corrected chi connectivity index (χ3v) is 3.15. The molecule has 1 rings (SSSR count). The zero-order valence-electron chi connectivity index (χ0n) is 11.0. The van der Waals surface area contributed by atoms with Crippen LogP contribution in [0.15, 0.2) is 24.3 Å². The molecule has 0 aromatic rings. The van der Waals surface area contributed by atoms with Crippen molar-refractivity contribution in [1.29, 1.82) is 0 Å². The second kappa shape index (κ2) is 8.31. The number of rotatable bonds is 7. The number of hydrogen-bond acceptors (Lipinski definition) is 5. The van der Waals surface area contributed by atoms with Gasteiger partial charge in [0.2, 0.25) is 6.36 Å². The van der Waals surface area contributed by atoms with E-state index in [1.54, 1.807) is 0 Å². The first-order valence-electron chi connectivity index (χ1n) is 6.00. The molecule has 0 spiro atoms. The van der Waals surface area contributed by atoms with E-state index in [2.05, 4.69) is 21.8 Å². The second-order valence-electron chi connectivity index (χ2n) is 4.40. The number of halogens is 1. The van der Waals surface area contributed by atoms with Crippen LogP contribution in [0.3, 0.4) is 0 Å². The summed E-state index contributed by atoms with van der Waals surface area (Å²) in [6.45, 7) is 7.41. The fourth-order valence-electron chi connectivity index (χ4n) is 1.89. The number of alkyl halides is 1. The van der Waals surface area contributed by atoms with Gasteiger partial charge in [0.25, 0.3) is 5.91 Å². The van der Waals surface area contributed by atoms with Crippen LogP contribution in [0.25, 0.3) is 0 Å². The van der Waals surface area contributed by atoms with Gasteiger partial charge in [0.15, 0.2) is 0 Å². The van der Waals surface area contributed by atoms with Crippen LogP contribution in [0.5, 0.6) is 0 Å². The lowest BCUT2D eigenvalue weighted by atomic mass is 10.0. The van der Waals surface area contributed by atoms with E-state index in [-0.39, 0.29) is 11.8 Å². The van der Waals surface area contributed by atoms with Crippen molar-refractivity contribution in [3.05, 3.63) is 24.3 Å². The van der Waals surface area contributed by atoms with Crippen molar-refractivity contribution in [3.8, 4) is 0 Å². The average molecular weight is 289 g/mol. The molecule has 7 heteroatoms. The molecule has 19 heavy (non-hydrogen) atoms. The molecule has 0 saturated carbocycles. The van der Waals surface area contributed by atoms with Crippen LogP contribution in [-0.2, 0) is 9.63 Å². The Balaban J connectivity index is 2.49. The molecule has 3 N–H and O–H groups in total. The number of amides is 1. The summed E-state index contributed by atoms with van der Waals surface area (Å²) in [4.78, 5) is 18.5. The average Bonchev–Trinajstić information content (AvgIpc) is 2.41. The minimum absolute atomic E-state index is 0.339. The summed E-state index contributed by atoms with van der Waals surface area (Å²) in [6.07, 6.45) is 1.15. The van der Waals surface area contributed by atoms with Gasteiger partial charge in [-0.2, -0.15) is 0 Å². The quantitative estimate of drug-likeness (QED) is 0.416. The molecule has 0 saturated heterocycles. The number of nitrogens with two attached hydrogens (primary N) is 1. The summed E-state index contributed by atoms with van der Waals surface area (Å²) < 4.78 is 12.8. The van der Waals surface area contributed by atoms with Crippen LogP contribution < -0.4 is 10.6 Å². The van der Waals surface area contributed by atoms with Gasteiger partial charge < -0.3 is 0 Å². The molecule has 5 nitrogen and oxygen atoms in total. The van der Waals surface area contributed by atoms with E-state index in [1.807, 2.05) is 13.0 Å². The Morgan fingerprint density at radius 3 is 3.26 bits per heavy atom. The highest BCUT2D eigenvalue weighted by molar-refractivity contribution is 7.97. The summed E-state index contributed by atoms with van der Waals surface area (Å²) in [7, 11) is 0. The minimum atomic E-state index is -1.69. The van der Waals surface area contributed by atoms with Crippen LogP contribution >= 0.6 is 11.9 Å². The standard InChI is InChI=1S/C12H20FN3O2S/c1-3-11(13)18-15-12(17)10-6-9(2)7-16(8-10)4-5-19-14/h3,6,10-11H,1,4-5,7-8,14H2,2H3,(H,15,17). The van der Waals surface area contributed by atoms with E-state index in [4.69, 9.17) is 5.14 Å². The summed E-state index contributed by atoms with van der Waals surface area (Å²) >= 11 is 1.28. The molecule has 1 aliphatic heterocycles. The van der Waals surface area contributed by atoms with Crippen molar-refractivity contribution in [3.63, 3.8) is 0 Å². The SMILES string of the molecule is C=CC(F)ONC(=O)C1C=C(C)CN(CCSN)C1. The Bertz CT molecular complexity index is 352. The van der Waals surface area contributed by atoms with Gasteiger partial charge in [0.05, 0.1) is 5.92 Å². The first-order chi connectivity index (χ1) is 9.06. The van der Waals surface area contributed by atoms with Gasteiger partial charge in [-0.15, -0.1) is 0 Å². The third kappa shape index (κ3) is 5.73. The topological polar surface area (TPSA) is 67.6 Å². The maximum Gasteiger partial charge on any atom is 0.251 e. The highest BCUT2D eigenvalue weighted by Gasteiger charge is 2.24. The fourth-order valence-corrected chi connectivity index (χ4v) is 2.26. The zero-order chi connectivity index (χ0) is 14.3. The Morgan fingerprint density at radius 2 is 2.63 bits per heavy atom. The van der Waals surface area contributed by atoms with Crippen LogP contribution in [0.2, 0.25) is 0 Å². The molecule has 2 atom stereocenters. The summed E-state index contributed by atoms with van der Waals surface area (Å²) in [5.74, 6) is 0.115. The van der Waals surface area contributed by atoms with Crippen LogP contribution in [0.4, 0.5) is 4.39 Å². The summed E-state index contributed by atoms with van der Waals surface area (Å²) in [6, 6.07) is 0. The van der Waals surface area contributed by atoms with Gasteiger partial charge in [-0.25, -0.2) is 14.7 Å². The van der Waals surface area contributed by atoms with Gasteiger partial charge in [-0.1, -0.05) is 30.2 Å². The molecule has 0 aromatic carbocycles. The number of nitrogens with zero attached hydrogens (tertiary/aromatic N) is 1. The first kappa shape index (κ1) is 16.2. The number of carbonyl (C=O) groups is 1. The number of hydroxylamine groups is 1. The molecule has 1 aliphatic rings. The maximum absolute atomic E-state index is 12.8. The highest BCUT2D eigenvalue weighted by atomic mass is 32.2. The number of carbonyl (C=O) groups excluding carboxylic acids is 1. The van der Waals surface area contributed by atoms with Crippen LogP contribution in [-0.4, -0.2) is 42.6 Å². The van der Waals surface area contributed by atoms with E-state index in [0.717, 1.165) is 30.5 Å². The van der Waals surface area contributed by atoms with E-state index >= 15 is 0 Å². The molecule has 0 bridgehead atoms. The van der Waals surface area contributed by atoms with Crippen molar-refractivity contribution in [1.82, 2.24) is 10.4 Å². The van der Waals surface area contributed by atoms with Gasteiger partial charge in [-0.3, -0.25) is 14.8 Å². The molecule has 2 unspecified atom stereocenters. The predicted molar refractivity (Wildman–Crippen MR) is 74.7 cm³/mol. The zero-order valence-corrected chi connectivity index (χ0v) is 11.8. The van der Waals surface area contributed by atoms with Gasteiger partial charge in [0, 0.05) is 25.4 Å². The van der Waals surface area contributed by atoms with Crippen LogP contribution in [0.1, 0.15) is 6.92 Å². The molecule has 1 amide bonds. The van der Waals surface area contributed by atoms with Gasteiger partial charge in [-0.05, 0) is 13.0 Å². The van der Waals surface area contributed by atoms with Crippen molar-refractivity contribution in [2.45, 2.75) is 13.3 Å². The lowest BCUT2D eigenvalue weighted by molar-refractivity contribution is -0.147. The smallest absolute Gasteiger partial charge is 0.251 e. The van der Waals surface area contributed by atoms with E-state index in [0.29, 0.717) is 6.54 Å². The first-order valence-corrected chi connectivity index (χ1v) is 7.05. The predicted octanol–water partition coefficient (Wildman–Crippen LogP) is 1.00. The molecule has 0 radical (unpaired) electrons. The Labute approximate surface area is 117 Å². The van der Waals surface area contributed by atoms with Gasteiger partial charge >= 0.3 is 0 Å². The molecule has 0 aromatic heterocycles. The van der Waals surface area contributed by atoms with Crippen molar-refractivity contribution in [2.24, 2.45) is 11.1 Å². The van der Waals surface area contributed by atoms with E-state index < -0.39 is 6.36 Å². The normalized spacial score (nSPS) is 21.6. The fraction of sp³-hybridized carbons (Fsp3) is 0.583. The Hall–Kier alpha value is -0.890. The van der Waals surface area contributed by atoms with Crippen molar-refractivity contribution < 1.29 is 14.0 Å². The molecule has 108 valence electrons. The summed E-state index contributed by atoms with van der Waals surface area (Å²) in [5.41, 5.74) is 3.22. The molecular formula is C12H20FN3O2S. The molecule has 0 aliphatic carbocycles. The second-order valence-corrected chi connectivity index (χ2v) is 5.14. The monoisotopic (exact) mass is 289 g/mol. The van der Waals surface area contributed by atoms with E-state index in [1.165, 1.54) is 11.9 Å². The third-order valence-electron chi connectivity index (χ3n) is 2.73. The highest BCUT2D eigenvalue weighted by Crippen LogP contribution is 2.15. The molecule has 1 heterocycles. The summed E-state index contributed by atoms with van der Waals surface area (Å²) in [5, 5.41) is 5.40. The van der Waals surface area contributed by atoms with Gasteiger partial charge in [0.1, 0.15) is 0 Å². The Morgan fingerprint density at radius 1 is 1.89 bits per heavy atom. The largest absolute Gasteiger partial charge is 0.297 e. The van der Waals surface area contributed by atoms with Crippen LogP contribution in [0, 0.1) is 5.92 Å².